The average Bonchev–Trinajstić information content (AvgIpc) is 2.29. The molecule has 1 atom stereocenters. The molecule has 0 aliphatic carbocycles. The lowest BCUT2D eigenvalue weighted by atomic mass is 9.87. The molecule has 1 aromatic carbocycles. The van der Waals surface area contributed by atoms with E-state index in [-0.39, 0.29) is 12.3 Å². The third-order valence-corrected chi connectivity index (χ3v) is 2.88. The van der Waals surface area contributed by atoms with Crippen LogP contribution in [0.15, 0.2) is 24.3 Å². The average molecular weight is 250 g/mol. The number of hydrogen-bond donors (Lipinski definition) is 2. The van der Waals surface area contributed by atoms with Gasteiger partial charge in [0.1, 0.15) is 5.75 Å². The second kappa shape index (κ2) is 6.40. The van der Waals surface area contributed by atoms with Gasteiger partial charge in [-0.15, -0.1) is 0 Å². The monoisotopic (exact) mass is 250 g/mol. The van der Waals surface area contributed by atoms with E-state index in [9.17, 15) is 4.79 Å². The van der Waals surface area contributed by atoms with Gasteiger partial charge in [0, 0.05) is 12.0 Å². The Morgan fingerprint density at radius 3 is 2.61 bits per heavy atom. The summed E-state index contributed by atoms with van der Waals surface area (Å²) in [4.78, 5) is 11.3. The Kier molecular flexibility index (Phi) is 5.16. The summed E-state index contributed by atoms with van der Waals surface area (Å²) in [7, 11) is 0. The zero-order valence-corrected chi connectivity index (χ0v) is 11.3. The predicted molar refractivity (Wildman–Crippen MR) is 72.5 cm³/mol. The number of nitrogens with one attached hydrogen (secondary N) is 1. The number of carbonyl (C=O) groups excluding carboxylic acids is 1. The first kappa shape index (κ1) is 14.5. The summed E-state index contributed by atoms with van der Waals surface area (Å²) < 4.78 is 5.62. The van der Waals surface area contributed by atoms with Crippen molar-refractivity contribution in [1.82, 2.24) is 5.32 Å². The van der Waals surface area contributed by atoms with E-state index in [2.05, 4.69) is 5.32 Å². The molecule has 1 unspecified atom stereocenters. The molecule has 1 amide bonds. The number of nitrogens with two attached hydrogens (primary N) is 1. The van der Waals surface area contributed by atoms with Crippen LogP contribution < -0.4 is 15.8 Å². The molecule has 0 saturated heterocycles. The van der Waals surface area contributed by atoms with Gasteiger partial charge in [0.25, 0.3) is 0 Å². The Labute approximate surface area is 109 Å². The molecule has 0 saturated carbocycles. The highest BCUT2D eigenvalue weighted by molar-refractivity contribution is 5.75. The molecule has 0 spiro atoms. The van der Waals surface area contributed by atoms with E-state index in [1.165, 1.54) is 0 Å². The van der Waals surface area contributed by atoms with Gasteiger partial charge < -0.3 is 15.8 Å². The predicted octanol–water partition coefficient (Wildman–Crippen LogP) is 1.79. The minimum atomic E-state index is -0.494. The lowest BCUT2D eigenvalue weighted by molar-refractivity contribution is -0.119. The van der Waals surface area contributed by atoms with Crippen molar-refractivity contribution in [3.63, 3.8) is 0 Å². The van der Waals surface area contributed by atoms with Crippen molar-refractivity contribution in [2.75, 3.05) is 13.2 Å². The Morgan fingerprint density at radius 2 is 2.06 bits per heavy atom. The highest BCUT2D eigenvalue weighted by Crippen LogP contribution is 2.32. The number of hydrogen-bond acceptors (Lipinski definition) is 3. The summed E-state index contributed by atoms with van der Waals surface area (Å²) >= 11 is 0. The molecule has 0 aliphatic heterocycles. The molecule has 100 valence electrons. The van der Waals surface area contributed by atoms with Crippen molar-refractivity contribution in [3.8, 4) is 5.75 Å². The Hall–Kier alpha value is -1.55. The maximum atomic E-state index is 11.3. The van der Waals surface area contributed by atoms with Crippen LogP contribution >= 0.6 is 0 Å². The molecule has 18 heavy (non-hydrogen) atoms. The standard InChI is InChI=1S/C14H22N2O2/c1-4-16-14(3,10-13(15)17)11-8-6-7-9-12(11)18-5-2/h6-9,16H,4-5,10H2,1-3H3,(H2,15,17). The molecule has 0 aliphatic rings. The smallest absolute Gasteiger partial charge is 0.219 e. The third kappa shape index (κ3) is 3.47. The van der Waals surface area contributed by atoms with Gasteiger partial charge >= 0.3 is 0 Å². The van der Waals surface area contributed by atoms with Crippen LogP contribution in [0, 0.1) is 0 Å². The van der Waals surface area contributed by atoms with Crippen molar-refractivity contribution in [3.05, 3.63) is 29.8 Å². The highest BCUT2D eigenvalue weighted by atomic mass is 16.5. The van der Waals surface area contributed by atoms with Gasteiger partial charge in [-0.2, -0.15) is 0 Å². The normalized spacial score (nSPS) is 13.9. The highest BCUT2D eigenvalue weighted by Gasteiger charge is 2.30. The summed E-state index contributed by atoms with van der Waals surface area (Å²) in [5, 5.41) is 3.32. The van der Waals surface area contributed by atoms with E-state index in [4.69, 9.17) is 10.5 Å². The molecule has 0 aromatic heterocycles. The summed E-state index contributed by atoms with van der Waals surface area (Å²) in [5.74, 6) is 0.467. The van der Waals surface area contributed by atoms with Crippen LogP contribution in [-0.2, 0) is 10.3 Å². The zero-order chi connectivity index (χ0) is 13.6. The maximum Gasteiger partial charge on any atom is 0.219 e. The summed E-state index contributed by atoms with van der Waals surface area (Å²) in [6.45, 7) is 7.26. The summed E-state index contributed by atoms with van der Waals surface area (Å²) in [6, 6.07) is 7.74. The van der Waals surface area contributed by atoms with Crippen molar-refractivity contribution >= 4 is 5.91 Å². The van der Waals surface area contributed by atoms with Gasteiger partial charge in [-0.05, 0) is 26.5 Å². The fourth-order valence-corrected chi connectivity index (χ4v) is 2.20. The lowest BCUT2D eigenvalue weighted by Gasteiger charge is -2.31. The topological polar surface area (TPSA) is 64.3 Å². The fourth-order valence-electron chi connectivity index (χ4n) is 2.20. The maximum absolute atomic E-state index is 11.3. The number of ether oxygens (including phenoxy) is 1. The van der Waals surface area contributed by atoms with Crippen LogP contribution in [0.25, 0.3) is 0 Å². The molecular formula is C14H22N2O2. The second-order valence-electron chi connectivity index (χ2n) is 4.43. The lowest BCUT2D eigenvalue weighted by Crippen LogP contribution is -2.43. The minimum absolute atomic E-state index is 0.241. The Bertz CT molecular complexity index is 407. The Morgan fingerprint density at radius 1 is 1.39 bits per heavy atom. The molecule has 0 bridgehead atoms. The molecule has 4 nitrogen and oxygen atoms in total. The molecule has 0 fully saturated rings. The van der Waals surface area contributed by atoms with E-state index in [0.29, 0.717) is 6.61 Å². The van der Waals surface area contributed by atoms with E-state index in [1.807, 2.05) is 45.0 Å². The molecule has 1 aromatic rings. The number of para-hydroxylation sites is 1. The van der Waals surface area contributed by atoms with Gasteiger partial charge in [0.2, 0.25) is 5.91 Å². The number of carbonyl (C=O) groups is 1. The van der Waals surface area contributed by atoms with Crippen LogP contribution in [0.3, 0.4) is 0 Å². The first-order valence-corrected chi connectivity index (χ1v) is 6.29. The first-order chi connectivity index (χ1) is 8.53. The van der Waals surface area contributed by atoms with Crippen LogP contribution in [0.2, 0.25) is 0 Å². The van der Waals surface area contributed by atoms with Gasteiger partial charge in [-0.25, -0.2) is 0 Å². The van der Waals surface area contributed by atoms with E-state index in [0.717, 1.165) is 17.9 Å². The molecule has 1 rings (SSSR count). The van der Waals surface area contributed by atoms with Gasteiger partial charge in [-0.3, -0.25) is 4.79 Å². The van der Waals surface area contributed by atoms with E-state index >= 15 is 0 Å². The summed E-state index contributed by atoms with van der Waals surface area (Å²) in [6.07, 6.45) is 0.241. The van der Waals surface area contributed by atoms with Gasteiger partial charge in [-0.1, -0.05) is 25.1 Å². The van der Waals surface area contributed by atoms with Crippen molar-refractivity contribution in [1.29, 1.82) is 0 Å². The fraction of sp³-hybridized carbons (Fsp3) is 0.500. The van der Waals surface area contributed by atoms with Crippen LogP contribution in [-0.4, -0.2) is 19.1 Å². The second-order valence-corrected chi connectivity index (χ2v) is 4.43. The third-order valence-electron chi connectivity index (χ3n) is 2.88. The van der Waals surface area contributed by atoms with Crippen LogP contribution in [0.1, 0.15) is 32.8 Å². The van der Waals surface area contributed by atoms with Crippen molar-refractivity contribution < 1.29 is 9.53 Å². The SMILES string of the molecule is CCNC(C)(CC(N)=O)c1ccccc1OCC. The summed E-state index contributed by atoms with van der Waals surface area (Å²) in [5.41, 5.74) is 5.82. The van der Waals surface area contributed by atoms with E-state index in [1.54, 1.807) is 0 Å². The van der Waals surface area contributed by atoms with Crippen LogP contribution in [0.4, 0.5) is 0 Å². The number of amides is 1. The minimum Gasteiger partial charge on any atom is -0.494 e. The van der Waals surface area contributed by atoms with Gasteiger partial charge in [0.15, 0.2) is 0 Å². The van der Waals surface area contributed by atoms with Gasteiger partial charge in [0.05, 0.1) is 12.1 Å². The number of rotatable bonds is 7. The number of primary amides is 1. The van der Waals surface area contributed by atoms with Crippen molar-refractivity contribution in [2.24, 2.45) is 5.73 Å². The van der Waals surface area contributed by atoms with Crippen LogP contribution in [0.5, 0.6) is 5.75 Å². The number of benzene rings is 1. The van der Waals surface area contributed by atoms with E-state index < -0.39 is 5.54 Å². The largest absolute Gasteiger partial charge is 0.494 e. The molecule has 0 radical (unpaired) electrons. The molecule has 4 heteroatoms. The molecular weight excluding hydrogens is 228 g/mol. The zero-order valence-electron chi connectivity index (χ0n) is 11.3. The first-order valence-electron chi connectivity index (χ1n) is 6.29. The quantitative estimate of drug-likeness (QED) is 0.775. The molecule has 0 heterocycles. The van der Waals surface area contributed by atoms with Crippen molar-refractivity contribution in [2.45, 2.75) is 32.7 Å². The molecule has 3 N–H and O–H groups in total. The Balaban J connectivity index is 3.15.